The number of piperidine rings is 2. The Morgan fingerprint density at radius 1 is 0.800 bits per heavy atom. The number of ether oxygens (including phenoxy) is 2. The van der Waals surface area contributed by atoms with Crippen molar-refractivity contribution in [3.8, 4) is 5.75 Å². The minimum atomic E-state index is -0.0344. The second kappa shape index (κ2) is 11.9. The lowest BCUT2D eigenvalue weighted by molar-refractivity contribution is -0.151. The molecule has 0 aromatic heterocycles. The topological polar surface area (TPSA) is 79.4 Å². The van der Waals surface area contributed by atoms with Crippen LogP contribution in [0.15, 0.2) is 30.3 Å². The first-order valence-corrected chi connectivity index (χ1v) is 13.1. The Morgan fingerprint density at radius 3 is 1.89 bits per heavy atom. The quantitative estimate of drug-likeness (QED) is 0.619. The highest BCUT2D eigenvalue weighted by Gasteiger charge is 2.36. The van der Waals surface area contributed by atoms with Gasteiger partial charge in [0.25, 0.3) is 0 Å². The molecule has 1 aromatic rings. The van der Waals surface area contributed by atoms with Crippen LogP contribution in [-0.2, 0) is 19.1 Å². The van der Waals surface area contributed by atoms with Gasteiger partial charge in [0.1, 0.15) is 5.75 Å². The van der Waals surface area contributed by atoms with E-state index >= 15 is 0 Å². The first-order valence-electron chi connectivity index (χ1n) is 13.1. The van der Waals surface area contributed by atoms with E-state index in [2.05, 4.69) is 0 Å². The number of benzene rings is 1. The number of nitrogens with zero attached hydrogens (tertiary/aromatic N) is 3. The molecule has 3 amide bonds. The lowest BCUT2D eigenvalue weighted by atomic mass is 9.91. The van der Waals surface area contributed by atoms with Crippen molar-refractivity contribution in [2.24, 2.45) is 11.8 Å². The van der Waals surface area contributed by atoms with Gasteiger partial charge in [0.15, 0.2) is 0 Å². The molecule has 35 heavy (non-hydrogen) atoms. The predicted molar refractivity (Wildman–Crippen MR) is 132 cm³/mol. The maximum absolute atomic E-state index is 13.1. The third-order valence-electron chi connectivity index (χ3n) is 7.41. The molecule has 1 aromatic carbocycles. The van der Waals surface area contributed by atoms with Crippen molar-refractivity contribution >= 4 is 17.7 Å². The normalized spacial score (nSPS) is 24.3. The molecule has 3 fully saturated rings. The third-order valence-corrected chi connectivity index (χ3v) is 7.41. The van der Waals surface area contributed by atoms with Gasteiger partial charge in [0.05, 0.1) is 25.2 Å². The molecule has 0 N–H and O–H groups in total. The van der Waals surface area contributed by atoms with E-state index in [4.69, 9.17) is 9.47 Å². The predicted octanol–water partition coefficient (Wildman–Crippen LogP) is 2.57. The molecular formula is C27H39N3O5. The smallest absolute Gasteiger partial charge is 0.225 e. The van der Waals surface area contributed by atoms with Crippen LogP contribution in [0.4, 0.5) is 0 Å². The summed E-state index contributed by atoms with van der Waals surface area (Å²) in [6, 6.07) is 9.50. The van der Waals surface area contributed by atoms with E-state index in [-0.39, 0.29) is 41.8 Å². The molecule has 0 aliphatic carbocycles. The van der Waals surface area contributed by atoms with Gasteiger partial charge in [-0.3, -0.25) is 14.4 Å². The standard InChI is InChI=1S/C27H39N3O5/c1-20-18-30(19-21(2)35-20)27(33)23-10-15-29(16-11-23)26(32)22-8-13-28(14-9-22)25(31)12-17-34-24-6-4-3-5-7-24/h3-7,20-23H,8-19H2,1-2H3. The first kappa shape index (κ1) is 25.5. The highest BCUT2D eigenvalue weighted by molar-refractivity contribution is 5.82. The number of rotatable bonds is 6. The summed E-state index contributed by atoms with van der Waals surface area (Å²) in [6.07, 6.45) is 3.33. The molecule has 3 heterocycles. The molecule has 3 saturated heterocycles. The van der Waals surface area contributed by atoms with Crippen molar-refractivity contribution in [1.82, 2.24) is 14.7 Å². The lowest BCUT2D eigenvalue weighted by Crippen LogP contribution is -2.52. The summed E-state index contributed by atoms with van der Waals surface area (Å²) in [5, 5.41) is 0. The van der Waals surface area contributed by atoms with E-state index in [0.29, 0.717) is 65.1 Å². The van der Waals surface area contributed by atoms with Crippen LogP contribution >= 0.6 is 0 Å². The van der Waals surface area contributed by atoms with Gasteiger partial charge < -0.3 is 24.2 Å². The Kier molecular flexibility index (Phi) is 8.65. The fourth-order valence-electron chi connectivity index (χ4n) is 5.53. The number of likely N-dealkylation sites (tertiary alicyclic amines) is 2. The van der Waals surface area contributed by atoms with Crippen molar-refractivity contribution in [1.29, 1.82) is 0 Å². The van der Waals surface area contributed by atoms with Crippen molar-refractivity contribution in [2.45, 2.75) is 58.2 Å². The summed E-state index contributed by atoms with van der Waals surface area (Å²) in [6.45, 7) is 8.18. The molecule has 192 valence electrons. The van der Waals surface area contributed by atoms with Crippen molar-refractivity contribution in [3.63, 3.8) is 0 Å². The maximum atomic E-state index is 13.1. The number of para-hydroxylation sites is 1. The molecule has 8 nitrogen and oxygen atoms in total. The second-order valence-corrected chi connectivity index (χ2v) is 10.2. The molecule has 0 bridgehead atoms. The molecule has 0 spiro atoms. The Morgan fingerprint density at radius 2 is 1.31 bits per heavy atom. The highest BCUT2D eigenvalue weighted by Crippen LogP contribution is 2.26. The van der Waals surface area contributed by atoms with Gasteiger partial charge in [-0.25, -0.2) is 0 Å². The van der Waals surface area contributed by atoms with E-state index < -0.39 is 0 Å². The van der Waals surface area contributed by atoms with Gasteiger partial charge in [-0.2, -0.15) is 0 Å². The molecule has 8 heteroatoms. The SMILES string of the molecule is CC1CN(C(=O)C2CCN(C(=O)C3CCN(C(=O)CCOc4ccccc4)CC3)CC2)CC(C)O1. The van der Waals surface area contributed by atoms with E-state index in [1.54, 1.807) is 0 Å². The summed E-state index contributed by atoms with van der Waals surface area (Å²) in [4.78, 5) is 44.4. The lowest BCUT2D eigenvalue weighted by Gasteiger charge is -2.40. The maximum Gasteiger partial charge on any atom is 0.225 e. The van der Waals surface area contributed by atoms with Crippen LogP contribution < -0.4 is 4.74 Å². The molecule has 3 aliphatic rings. The summed E-state index contributed by atoms with van der Waals surface area (Å²) < 4.78 is 11.4. The van der Waals surface area contributed by atoms with Gasteiger partial charge in [-0.05, 0) is 51.7 Å². The van der Waals surface area contributed by atoms with Gasteiger partial charge in [0.2, 0.25) is 17.7 Å². The zero-order valence-corrected chi connectivity index (χ0v) is 21.1. The zero-order chi connectivity index (χ0) is 24.8. The van der Waals surface area contributed by atoms with Crippen LogP contribution in [0.1, 0.15) is 46.0 Å². The van der Waals surface area contributed by atoms with Crippen LogP contribution in [0, 0.1) is 11.8 Å². The van der Waals surface area contributed by atoms with Crippen molar-refractivity contribution in [2.75, 3.05) is 45.9 Å². The Hall–Kier alpha value is -2.61. The summed E-state index contributed by atoms with van der Waals surface area (Å²) in [7, 11) is 0. The van der Waals surface area contributed by atoms with Gasteiger partial charge >= 0.3 is 0 Å². The molecule has 2 atom stereocenters. The fraction of sp³-hybridized carbons (Fsp3) is 0.667. The Bertz CT molecular complexity index is 853. The molecule has 0 radical (unpaired) electrons. The summed E-state index contributed by atoms with van der Waals surface area (Å²) in [5.74, 6) is 1.20. The molecule has 4 rings (SSSR count). The first-order chi connectivity index (χ1) is 16.9. The third kappa shape index (κ3) is 6.75. The zero-order valence-electron chi connectivity index (χ0n) is 21.1. The minimum Gasteiger partial charge on any atom is -0.493 e. The van der Waals surface area contributed by atoms with E-state index in [1.165, 1.54) is 0 Å². The largest absolute Gasteiger partial charge is 0.493 e. The minimum absolute atomic E-state index is 0.00544. The highest BCUT2D eigenvalue weighted by atomic mass is 16.5. The number of carbonyl (C=O) groups excluding carboxylic acids is 3. The van der Waals surface area contributed by atoms with E-state index in [9.17, 15) is 14.4 Å². The number of carbonyl (C=O) groups is 3. The number of morpholine rings is 1. The van der Waals surface area contributed by atoms with Crippen LogP contribution in [0.5, 0.6) is 5.75 Å². The summed E-state index contributed by atoms with van der Waals surface area (Å²) >= 11 is 0. The number of hydrogen-bond donors (Lipinski definition) is 0. The van der Waals surface area contributed by atoms with Gasteiger partial charge in [-0.1, -0.05) is 18.2 Å². The van der Waals surface area contributed by atoms with Gasteiger partial charge in [-0.15, -0.1) is 0 Å². The van der Waals surface area contributed by atoms with Gasteiger partial charge in [0, 0.05) is 51.1 Å². The summed E-state index contributed by atoms with van der Waals surface area (Å²) in [5.41, 5.74) is 0. The van der Waals surface area contributed by atoms with E-state index in [1.807, 2.05) is 58.9 Å². The monoisotopic (exact) mass is 485 g/mol. The number of amides is 3. The molecular weight excluding hydrogens is 446 g/mol. The van der Waals surface area contributed by atoms with Crippen LogP contribution in [-0.4, -0.2) is 90.5 Å². The molecule has 2 unspecified atom stereocenters. The molecule has 3 aliphatic heterocycles. The second-order valence-electron chi connectivity index (χ2n) is 10.2. The number of hydrogen-bond acceptors (Lipinski definition) is 5. The average molecular weight is 486 g/mol. The van der Waals surface area contributed by atoms with Crippen molar-refractivity contribution in [3.05, 3.63) is 30.3 Å². The van der Waals surface area contributed by atoms with Crippen molar-refractivity contribution < 1.29 is 23.9 Å². The average Bonchev–Trinajstić information content (AvgIpc) is 2.88. The van der Waals surface area contributed by atoms with Crippen LogP contribution in [0.2, 0.25) is 0 Å². The Labute approximate surface area is 208 Å². The fourth-order valence-corrected chi connectivity index (χ4v) is 5.53. The Balaban J connectivity index is 1.16. The van der Waals surface area contributed by atoms with Crippen LogP contribution in [0.3, 0.4) is 0 Å². The van der Waals surface area contributed by atoms with Crippen LogP contribution in [0.25, 0.3) is 0 Å². The molecule has 0 saturated carbocycles. The van der Waals surface area contributed by atoms with E-state index in [0.717, 1.165) is 18.6 Å².